The van der Waals surface area contributed by atoms with E-state index in [2.05, 4.69) is 20.4 Å². The van der Waals surface area contributed by atoms with Gasteiger partial charge in [0.25, 0.3) is 0 Å². The molecule has 2 rings (SSSR count). The van der Waals surface area contributed by atoms with Crippen LogP contribution in [0.4, 0.5) is 5.69 Å². The number of carbonyl (C=O) groups excluding carboxylic acids is 2. The van der Waals surface area contributed by atoms with Crippen molar-refractivity contribution in [1.82, 2.24) is 5.09 Å². The maximum atomic E-state index is 13.5. The molecule has 36 heavy (non-hydrogen) atoms. The van der Waals surface area contributed by atoms with Crippen LogP contribution >= 0.6 is 7.52 Å². The topological polar surface area (TPSA) is 142 Å². The van der Waals surface area contributed by atoms with Gasteiger partial charge in [0.1, 0.15) is 24.4 Å². The van der Waals surface area contributed by atoms with Crippen LogP contribution in [0.5, 0.6) is 5.75 Å². The highest BCUT2D eigenvalue weighted by atomic mass is 31.2. The average Bonchev–Trinajstić information content (AvgIpc) is 2.83. The number of hydrogen-bond donors (Lipinski definition) is 2. The maximum absolute atomic E-state index is 13.5. The zero-order chi connectivity index (χ0) is 26.6. The summed E-state index contributed by atoms with van der Waals surface area (Å²) in [6, 6.07) is 13.8. The number of ether oxygens (including phenoxy) is 1. The summed E-state index contributed by atoms with van der Waals surface area (Å²) in [5, 5.41) is 8.84. The molecule has 0 aliphatic rings. The van der Waals surface area contributed by atoms with E-state index in [1.165, 1.54) is 6.92 Å². The molecule has 0 spiro atoms. The highest BCUT2D eigenvalue weighted by Crippen LogP contribution is 2.44. The minimum atomic E-state index is -3.40. The lowest BCUT2D eigenvalue weighted by Gasteiger charge is -2.23. The highest BCUT2D eigenvalue weighted by molar-refractivity contribution is 7.57. The molecule has 0 fully saturated rings. The van der Waals surface area contributed by atoms with Gasteiger partial charge in [-0.1, -0.05) is 47.1 Å². The van der Waals surface area contributed by atoms with Gasteiger partial charge in [-0.15, -0.1) is 0 Å². The van der Waals surface area contributed by atoms with Crippen molar-refractivity contribution in [3.8, 4) is 5.75 Å². The van der Waals surface area contributed by atoms with Crippen molar-refractivity contribution < 1.29 is 23.4 Å². The molecule has 0 aromatic heterocycles. The number of amides is 1. The zero-order valence-electron chi connectivity index (χ0n) is 20.9. The molecule has 3 atom stereocenters. The van der Waals surface area contributed by atoms with E-state index in [0.717, 1.165) is 5.57 Å². The molecule has 1 unspecified atom stereocenters. The lowest BCUT2D eigenvalue weighted by molar-refractivity contribution is -0.146. The number of nitrogens with zero attached hydrogens (tertiary/aromatic N) is 3. The first-order valence-corrected chi connectivity index (χ1v) is 13.3. The van der Waals surface area contributed by atoms with Gasteiger partial charge in [0, 0.05) is 10.6 Å². The first-order chi connectivity index (χ1) is 17.1. The van der Waals surface area contributed by atoms with Crippen LogP contribution in [0.2, 0.25) is 0 Å². The Hall–Kier alpha value is -3.58. The van der Waals surface area contributed by atoms with Crippen molar-refractivity contribution in [1.29, 1.82) is 0 Å². The molecule has 2 aromatic rings. The smallest absolute Gasteiger partial charge is 0.323 e. The number of benzene rings is 2. The van der Waals surface area contributed by atoms with Crippen LogP contribution in [0.1, 0.15) is 39.7 Å². The molecule has 11 heteroatoms. The van der Waals surface area contributed by atoms with E-state index in [1.807, 2.05) is 26.0 Å². The number of para-hydroxylation sites is 1. The SMILES string of the molecule is CC(C)=CCCP(=O)(N[C@@H](C)C(=O)OCc1ccc(NC(=O)[C@H](C)N=[N+]=[N-])cc1)Oc1ccccc1. The van der Waals surface area contributed by atoms with Crippen LogP contribution in [-0.4, -0.2) is 30.1 Å². The molecule has 0 saturated carbocycles. The first kappa shape index (κ1) is 28.7. The Bertz CT molecular complexity index is 1140. The number of rotatable bonds is 13. The predicted molar refractivity (Wildman–Crippen MR) is 140 cm³/mol. The van der Waals surface area contributed by atoms with E-state index in [4.69, 9.17) is 14.8 Å². The quantitative estimate of drug-likeness (QED) is 0.0843. The number of allylic oxidation sites excluding steroid dienone is 2. The molecular formula is C25H32N5O5P. The molecule has 0 aliphatic carbocycles. The molecule has 0 saturated heterocycles. The van der Waals surface area contributed by atoms with E-state index in [-0.39, 0.29) is 12.8 Å². The van der Waals surface area contributed by atoms with Crippen molar-refractivity contribution in [2.45, 2.75) is 52.8 Å². The number of hydrogen-bond acceptors (Lipinski definition) is 6. The molecule has 2 aromatic carbocycles. The molecule has 0 bridgehead atoms. The van der Waals surface area contributed by atoms with E-state index >= 15 is 0 Å². The minimum Gasteiger partial charge on any atom is -0.460 e. The Morgan fingerprint density at radius 1 is 1.11 bits per heavy atom. The second-order valence-electron chi connectivity index (χ2n) is 8.40. The number of azide groups is 1. The normalized spacial score (nSPS) is 13.8. The van der Waals surface area contributed by atoms with Gasteiger partial charge in [-0.2, -0.15) is 0 Å². The van der Waals surface area contributed by atoms with Crippen molar-refractivity contribution >= 4 is 25.1 Å². The third-order valence-corrected chi connectivity index (χ3v) is 7.06. The van der Waals surface area contributed by atoms with Crippen molar-refractivity contribution in [2.75, 3.05) is 11.5 Å². The maximum Gasteiger partial charge on any atom is 0.323 e. The summed E-state index contributed by atoms with van der Waals surface area (Å²) < 4.78 is 24.7. The fourth-order valence-electron chi connectivity index (χ4n) is 3.00. The molecule has 0 aliphatic heterocycles. The first-order valence-electron chi connectivity index (χ1n) is 11.5. The van der Waals surface area contributed by atoms with Crippen LogP contribution in [-0.2, 0) is 25.5 Å². The second kappa shape index (κ2) is 14.1. The molecule has 10 nitrogen and oxygen atoms in total. The Morgan fingerprint density at radius 3 is 2.39 bits per heavy atom. The van der Waals surface area contributed by atoms with Gasteiger partial charge in [-0.25, -0.2) is 5.09 Å². The van der Waals surface area contributed by atoms with Gasteiger partial charge in [0.2, 0.25) is 5.91 Å². The van der Waals surface area contributed by atoms with Gasteiger partial charge < -0.3 is 14.6 Å². The molecule has 0 radical (unpaired) electrons. The van der Waals surface area contributed by atoms with Crippen LogP contribution in [0.3, 0.4) is 0 Å². The van der Waals surface area contributed by atoms with E-state index < -0.39 is 31.5 Å². The van der Waals surface area contributed by atoms with Gasteiger partial charge in [-0.3, -0.25) is 14.2 Å². The molecule has 1 amide bonds. The summed E-state index contributed by atoms with van der Waals surface area (Å²) in [5.41, 5.74) is 10.7. The Morgan fingerprint density at radius 2 is 1.78 bits per heavy atom. The van der Waals surface area contributed by atoms with E-state index in [1.54, 1.807) is 55.5 Å². The molecule has 192 valence electrons. The van der Waals surface area contributed by atoms with Crippen molar-refractivity contribution in [3.05, 3.63) is 82.3 Å². The van der Waals surface area contributed by atoms with E-state index in [9.17, 15) is 14.2 Å². The summed E-state index contributed by atoms with van der Waals surface area (Å²) in [7, 11) is -3.40. The number of carbonyl (C=O) groups is 2. The van der Waals surface area contributed by atoms with Crippen LogP contribution in [0.15, 0.2) is 71.4 Å². The summed E-state index contributed by atoms with van der Waals surface area (Å²) >= 11 is 0. The molecular weight excluding hydrogens is 481 g/mol. The average molecular weight is 514 g/mol. The monoisotopic (exact) mass is 513 g/mol. The standard InChI is InChI=1S/C25H32N5O5P/c1-18(2)9-8-16-36(33,35-23-10-6-5-7-11-23)29-20(4)25(32)34-17-21-12-14-22(15-13-21)27-24(31)19(3)28-30-26/h5-7,9-15,19-20H,8,16-17H2,1-4H3,(H,27,31)(H,29,33)/t19-,20-,36?/m0/s1. The lowest BCUT2D eigenvalue weighted by Crippen LogP contribution is -2.35. The molecule has 2 N–H and O–H groups in total. The lowest BCUT2D eigenvalue weighted by atomic mass is 10.2. The fraction of sp³-hybridized carbons (Fsp3) is 0.360. The van der Waals surface area contributed by atoms with Crippen LogP contribution in [0, 0.1) is 0 Å². The summed E-state index contributed by atoms with van der Waals surface area (Å²) in [5.74, 6) is -0.555. The largest absolute Gasteiger partial charge is 0.460 e. The summed E-state index contributed by atoms with van der Waals surface area (Å²) in [6.45, 7) is 6.98. The number of esters is 1. The second-order valence-corrected chi connectivity index (χ2v) is 10.6. The fourth-order valence-corrected chi connectivity index (χ4v) is 4.90. The summed E-state index contributed by atoms with van der Waals surface area (Å²) in [6.07, 6.45) is 2.72. The van der Waals surface area contributed by atoms with E-state index in [0.29, 0.717) is 23.4 Å². The van der Waals surface area contributed by atoms with Gasteiger partial charge in [0.15, 0.2) is 0 Å². The van der Waals surface area contributed by atoms with Gasteiger partial charge in [0.05, 0.1) is 6.16 Å². The highest BCUT2D eigenvalue weighted by Gasteiger charge is 2.29. The third kappa shape index (κ3) is 9.96. The zero-order valence-corrected chi connectivity index (χ0v) is 21.8. The Kier molecular flexibility index (Phi) is 11.2. The third-order valence-electron chi connectivity index (χ3n) is 4.92. The Balaban J connectivity index is 1.96. The molecule has 0 heterocycles. The van der Waals surface area contributed by atoms with Gasteiger partial charge in [-0.05, 0) is 69.5 Å². The van der Waals surface area contributed by atoms with Gasteiger partial charge >= 0.3 is 13.5 Å². The minimum absolute atomic E-state index is 0.00415. The Labute approximate surface area is 211 Å². The predicted octanol–water partition coefficient (Wildman–Crippen LogP) is 5.97. The van der Waals surface area contributed by atoms with Crippen LogP contribution in [0.25, 0.3) is 10.4 Å². The summed E-state index contributed by atoms with van der Waals surface area (Å²) in [4.78, 5) is 27.1. The van der Waals surface area contributed by atoms with Crippen LogP contribution < -0.4 is 14.9 Å². The van der Waals surface area contributed by atoms with Crippen molar-refractivity contribution in [2.24, 2.45) is 5.11 Å². The number of nitrogens with one attached hydrogen (secondary N) is 2. The number of anilines is 1. The van der Waals surface area contributed by atoms with Crippen molar-refractivity contribution in [3.63, 3.8) is 0 Å².